The van der Waals surface area contributed by atoms with Crippen LogP contribution in [-0.2, 0) is 6.42 Å². The molecule has 74 valence electrons. The van der Waals surface area contributed by atoms with Gasteiger partial charge in [-0.05, 0) is 44.0 Å². The number of hydrogen-bond acceptors (Lipinski definition) is 3. The Labute approximate surface area is 87.9 Å². The van der Waals surface area contributed by atoms with Gasteiger partial charge in [0.05, 0.1) is 4.34 Å². The molecule has 4 heteroatoms. The van der Waals surface area contributed by atoms with Gasteiger partial charge in [-0.25, -0.2) is 0 Å². The van der Waals surface area contributed by atoms with Crippen LogP contribution in [0.15, 0.2) is 12.1 Å². The predicted molar refractivity (Wildman–Crippen MR) is 59.2 cm³/mol. The second kappa shape index (κ2) is 5.60. The third-order valence-electron chi connectivity index (χ3n) is 2.09. The van der Waals surface area contributed by atoms with Crippen LogP contribution in [0, 0.1) is 5.92 Å². The number of nitrogens with two attached hydrogens (primary N) is 2. The van der Waals surface area contributed by atoms with E-state index in [1.165, 1.54) is 4.88 Å². The molecular weight excluding hydrogens is 204 g/mol. The topological polar surface area (TPSA) is 52.0 Å². The summed E-state index contributed by atoms with van der Waals surface area (Å²) in [6.07, 6.45) is 2.10. The quantitative estimate of drug-likeness (QED) is 0.793. The molecule has 2 nitrogen and oxygen atoms in total. The van der Waals surface area contributed by atoms with Crippen molar-refractivity contribution in [1.29, 1.82) is 0 Å². The molecule has 0 unspecified atom stereocenters. The van der Waals surface area contributed by atoms with Crippen LogP contribution in [0.3, 0.4) is 0 Å². The van der Waals surface area contributed by atoms with Crippen molar-refractivity contribution in [3.63, 3.8) is 0 Å². The van der Waals surface area contributed by atoms with Crippen LogP contribution in [0.4, 0.5) is 0 Å². The fourth-order valence-electron chi connectivity index (χ4n) is 1.16. The van der Waals surface area contributed by atoms with Crippen LogP contribution in [0.5, 0.6) is 0 Å². The number of rotatable bonds is 5. The van der Waals surface area contributed by atoms with Crippen molar-refractivity contribution in [1.82, 2.24) is 0 Å². The Kier molecular flexibility index (Phi) is 4.73. The summed E-state index contributed by atoms with van der Waals surface area (Å²) < 4.78 is 0.854. The van der Waals surface area contributed by atoms with Crippen molar-refractivity contribution >= 4 is 22.9 Å². The fraction of sp³-hybridized carbons (Fsp3) is 0.556. The molecule has 0 spiro atoms. The Morgan fingerprint density at radius 3 is 2.46 bits per heavy atom. The lowest BCUT2D eigenvalue weighted by Crippen LogP contribution is -2.23. The molecule has 0 atom stereocenters. The van der Waals surface area contributed by atoms with E-state index in [1.54, 1.807) is 11.3 Å². The number of thiophene rings is 1. The molecule has 1 rings (SSSR count). The van der Waals surface area contributed by atoms with Crippen molar-refractivity contribution in [3.8, 4) is 0 Å². The summed E-state index contributed by atoms with van der Waals surface area (Å²) in [4.78, 5) is 1.32. The second-order valence-corrected chi connectivity index (χ2v) is 4.88. The molecule has 0 aliphatic heterocycles. The van der Waals surface area contributed by atoms with E-state index in [0.717, 1.165) is 17.2 Å². The molecule has 0 aliphatic carbocycles. The standard InChI is InChI=1S/C9H15ClN2S/c10-9-4-3-8(13-9)2-1-7(5-11)6-12/h3-4,7H,1-2,5-6,11-12H2. The molecule has 0 aliphatic rings. The third-order valence-corrected chi connectivity index (χ3v) is 3.39. The molecule has 1 aromatic heterocycles. The van der Waals surface area contributed by atoms with Gasteiger partial charge in [0.15, 0.2) is 0 Å². The summed E-state index contributed by atoms with van der Waals surface area (Å²) in [5.74, 6) is 0.445. The van der Waals surface area contributed by atoms with Gasteiger partial charge in [-0.1, -0.05) is 11.6 Å². The maximum atomic E-state index is 5.81. The van der Waals surface area contributed by atoms with Gasteiger partial charge in [0.1, 0.15) is 0 Å². The average molecular weight is 219 g/mol. The molecule has 4 N–H and O–H groups in total. The fourth-order valence-corrected chi connectivity index (χ4v) is 2.27. The molecule has 0 saturated carbocycles. The zero-order chi connectivity index (χ0) is 9.68. The monoisotopic (exact) mass is 218 g/mol. The van der Waals surface area contributed by atoms with Crippen molar-refractivity contribution in [2.75, 3.05) is 13.1 Å². The SMILES string of the molecule is NCC(CN)CCc1ccc(Cl)s1. The summed E-state index contributed by atoms with van der Waals surface area (Å²) in [5.41, 5.74) is 11.1. The molecule has 0 aromatic carbocycles. The van der Waals surface area contributed by atoms with E-state index >= 15 is 0 Å². The van der Waals surface area contributed by atoms with Crippen LogP contribution in [0.2, 0.25) is 4.34 Å². The molecule has 0 saturated heterocycles. The second-order valence-electron chi connectivity index (χ2n) is 3.08. The Hall–Kier alpha value is -0.0900. The highest BCUT2D eigenvalue weighted by atomic mass is 35.5. The van der Waals surface area contributed by atoms with Gasteiger partial charge in [0.2, 0.25) is 0 Å². The molecule has 0 fully saturated rings. The molecule has 0 amide bonds. The lowest BCUT2D eigenvalue weighted by molar-refractivity contribution is 0.509. The van der Waals surface area contributed by atoms with Crippen LogP contribution in [0.25, 0.3) is 0 Å². The van der Waals surface area contributed by atoms with E-state index in [0.29, 0.717) is 19.0 Å². The summed E-state index contributed by atoms with van der Waals surface area (Å²) in [6, 6.07) is 4.00. The summed E-state index contributed by atoms with van der Waals surface area (Å²) in [7, 11) is 0. The van der Waals surface area contributed by atoms with Crippen molar-refractivity contribution < 1.29 is 0 Å². The van der Waals surface area contributed by atoms with E-state index in [9.17, 15) is 0 Å². The van der Waals surface area contributed by atoms with Gasteiger partial charge in [0, 0.05) is 4.88 Å². The molecular formula is C9H15ClN2S. The van der Waals surface area contributed by atoms with E-state index in [4.69, 9.17) is 23.1 Å². The zero-order valence-corrected chi connectivity index (χ0v) is 9.07. The van der Waals surface area contributed by atoms with E-state index in [-0.39, 0.29) is 0 Å². The molecule has 0 bridgehead atoms. The molecule has 0 radical (unpaired) electrons. The van der Waals surface area contributed by atoms with E-state index in [2.05, 4.69) is 6.07 Å². The number of aryl methyl sites for hydroxylation is 1. The minimum atomic E-state index is 0.445. The van der Waals surface area contributed by atoms with Crippen molar-refractivity contribution in [2.24, 2.45) is 17.4 Å². The van der Waals surface area contributed by atoms with E-state index < -0.39 is 0 Å². The third kappa shape index (κ3) is 3.65. The highest BCUT2D eigenvalue weighted by Crippen LogP contribution is 2.23. The Morgan fingerprint density at radius 2 is 2.00 bits per heavy atom. The van der Waals surface area contributed by atoms with Gasteiger partial charge < -0.3 is 11.5 Å². The molecule has 1 aromatic rings. The van der Waals surface area contributed by atoms with Crippen LogP contribution >= 0.6 is 22.9 Å². The summed E-state index contributed by atoms with van der Waals surface area (Å²) in [6.45, 7) is 1.35. The first-order valence-corrected chi connectivity index (χ1v) is 5.60. The van der Waals surface area contributed by atoms with E-state index in [1.807, 2.05) is 6.07 Å². The first-order valence-electron chi connectivity index (χ1n) is 4.40. The Morgan fingerprint density at radius 1 is 1.31 bits per heavy atom. The maximum Gasteiger partial charge on any atom is 0.0931 e. The van der Waals surface area contributed by atoms with Gasteiger partial charge in [0.25, 0.3) is 0 Å². The number of halogens is 1. The minimum Gasteiger partial charge on any atom is -0.330 e. The average Bonchev–Trinajstić information content (AvgIpc) is 2.53. The lowest BCUT2D eigenvalue weighted by Gasteiger charge is -2.09. The predicted octanol–water partition coefficient (Wildman–Crippen LogP) is 1.87. The van der Waals surface area contributed by atoms with Crippen molar-refractivity contribution in [2.45, 2.75) is 12.8 Å². The van der Waals surface area contributed by atoms with Crippen LogP contribution < -0.4 is 11.5 Å². The smallest absolute Gasteiger partial charge is 0.0931 e. The maximum absolute atomic E-state index is 5.81. The lowest BCUT2D eigenvalue weighted by atomic mass is 10.0. The first kappa shape index (κ1) is 11.0. The van der Waals surface area contributed by atoms with Gasteiger partial charge >= 0.3 is 0 Å². The van der Waals surface area contributed by atoms with Gasteiger partial charge in [-0.3, -0.25) is 0 Å². The largest absolute Gasteiger partial charge is 0.330 e. The van der Waals surface area contributed by atoms with Crippen LogP contribution in [0.1, 0.15) is 11.3 Å². The molecule has 13 heavy (non-hydrogen) atoms. The summed E-state index contributed by atoms with van der Waals surface area (Å²) >= 11 is 7.45. The molecule has 1 heterocycles. The normalized spacial score (nSPS) is 11.1. The minimum absolute atomic E-state index is 0.445. The van der Waals surface area contributed by atoms with Crippen LogP contribution in [-0.4, -0.2) is 13.1 Å². The van der Waals surface area contributed by atoms with Crippen molar-refractivity contribution in [3.05, 3.63) is 21.3 Å². The van der Waals surface area contributed by atoms with Gasteiger partial charge in [-0.2, -0.15) is 0 Å². The highest BCUT2D eigenvalue weighted by Gasteiger charge is 2.05. The Balaban J connectivity index is 2.33. The summed E-state index contributed by atoms with van der Waals surface area (Å²) in [5, 5.41) is 0. The zero-order valence-electron chi connectivity index (χ0n) is 7.50. The first-order chi connectivity index (χ1) is 6.26. The van der Waals surface area contributed by atoms with Gasteiger partial charge in [-0.15, -0.1) is 11.3 Å². The number of hydrogen-bond donors (Lipinski definition) is 2. The highest BCUT2D eigenvalue weighted by molar-refractivity contribution is 7.16. The Bertz CT molecular complexity index is 246.